The molecule has 2 aliphatic heterocycles. The van der Waals surface area contributed by atoms with Crippen LogP contribution in [0.3, 0.4) is 0 Å². The van der Waals surface area contributed by atoms with Crippen LogP contribution in [0.2, 0.25) is 0 Å². The molecular weight excluding hydrogens is 693 g/mol. The first-order valence-corrected chi connectivity index (χ1v) is 27.6. The molecule has 0 saturated carbocycles. The minimum atomic E-state index is -0.458. The van der Waals surface area contributed by atoms with Gasteiger partial charge in [-0.2, -0.15) is 21.8 Å². The van der Waals surface area contributed by atoms with Crippen molar-refractivity contribution >= 4 is 27.6 Å². The van der Waals surface area contributed by atoms with E-state index < -0.39 is 21.8 Å². The van der Waals surface area contributed by atoms with Crippen molar-refractivity contribution in [3.05, 3.63) is 44.9 Å². The summed E-state index contributed by atoms with van der Waals surface area (Å²) in [7, 11) is -0.916. The second-order valence-corrected chi connectivity index (χ2v) is 21.8. The monoisotopic (exact) mass is 787 g/mol. The van der Waals surface area contributed by atoms with E-state index in [-0.39, 0.29) is 4.58 Å². The standard InChI is InChI=1S/C51H94OS2/c1-4-6-8-10-12-14-16-18-20-22-24-26-28-30-32-34-36-38-40-49-42-44-53(46-49)51(48(3)52)54-45-43-50(47-54)41-39-37-35-33-31-29-27-25-23-21-19-17-15-13-11-9-7-5-2/h42-47,51,53-54H,4-41H2,1-3H3. The number of carbonyl (C=O) groups is 1. The fourth-order valence-electron chi connectivity index (χ4n) is 8.55. The van der Waals surface area contributed by atoms with Gasteiger partial charge in [0.1, 0.15) is 0 Å². The highest BCUT2D eigenvalue weighted by Gasteiger charge is 2.27. The van der Waals surface area contributed by atoms with Gasteiger partial charge in [0.2, 0.25) is 0 Å². The Morgan fingerprint density at radius 2 is 0.611 bits per heavy atom. The van der Waals surface area contributed by atoms with Crippen LogP contribution in [0, 0.1) is 0 Å². The molecule has 0 saturated heterocycles. The van der Waals surface area contributed by atoms with E-state index in [0.717, 1.165) is 0 Å². The molecule has 2 aliphatic rings. The third-order valence-corrected chi connectivity index (χ3v) is 17.8. The predicted octanol–water partition coefficient (Wildman–Crippen LogP) is 18.6. The molecule has 2 unspecified atom stereocenters. The van der Waals surface area contributed by atoms with Crippen molar-refractivity contribution < 1.29 is 4.79 Å². The molecule has 54 heavy (non-hydrogen) atoms. The summed E-state index contributed by atoms with van der Waals surface area (Å²) in [6.45, 7) is 6.46. The molecule has 0 radical (unpaired) electrons. The van der Waals surface area contributed by atoms with Crippen molar-refractivity contribution in [3.63, 3.8) is 0 Å². The van der Waals surface area contributed by atoms with Gasteiger partial charge in [-0.3, -0.25) is 4.79 Å². The number of unbranched alkanes of at least 4 members (excludes halogenated alkanes) is 34. The smallest absolute Gasteiger partial charge is 0.150 e. The van der Waals surface area contributed by atoms with Gasteiger partial charge in [0.15, 0.2) is 5.78 Å². The summed E-state index contributed by atoms with van der Waals surface area (Å²) < 4.78 is 0.193. The van der Waals surface area contributed by atoms with Gasteiger partial charge in [0, 0.05) is 0 Å². The van der Waals surface area contributed by atoms with E-state index in [2.05, 4.69) is 47.6 Å². The van der Waals surface area contributed by atoms with Crippen molar-refractivity contribution in [3.8, 4) is 0 Å². The Bertz CT molecular complexity index is 919. The molecule has 3 heteroatoms. The number of allylic oxidation sites excluding steroid dienone is 4. The Morgan fingerprint density at radius 3 is 0.833 bits per heavy atom. The number of hydrogen-bond donors (Lipinski definition) is 2. The fourth-order valence-corrected chi connectivity index (χ4v) is 14.2. The molecule has 2 rings (SSSR count). The van der Waals surface area contributed by atoms with E-state index in [1.165, 1.54) is 255 Å². The average Bonchev–Trinajstić information content (AvgIpc) is 3.84. The lowest BCUT2D eigenvalue weighted by Gasteiger charge is -2.28. The number of rotatable bonds is 41. The Hall–Kier alpha value is -0.670. The zero-order valence-electron chi connectivity index (χ0n) is 36.7. The topological polar surface area (TPSA) is 17.1 Å². The van der Waals surface area contributed by atoms with Crippen LogP contribution in [0.1, 0.15) is 265 Å². The molecule has 0 bridgehead atoms. The molecular formula is C51H94OS2. The molecule has 1 nitrogen and oxygen atoms in total. The van der Waals surface area contributed by atoms with Gasteiger partial charge in [-0.15, -0.1) is 0 Å². The van der Waals surface area contributed by atoms with Crippen LogP contribution in [-0.2, 0) is 4.79 Å². The summed E-state index contributed by atoms with van der Waals surface area (Å²) >= 11 is 0. The van der Waals surface area contributed by atoms with E-state index in [4.69, 9.17) is 0 Å². The summed E-state index contributed by atoms with van der Waals surface area (Å²) in [6, 6.07) is 0. The Kier molecular flexibility index (Phi) is 33.6. The maximum atomic E-state index is 12.9. The molecule has 316 valence electrons. The maximum absolute atomic E-state index is 12.9. The SMILES string of the molecule is CCCCCCCCCCCCCCCCCCCCC1=C[SH](C(C(C)=O)[SH]2C=CC(CCCCCCCCCCCCCCCCCCCC)=C2)C=C1. The lowest BCUT2D eigenvalue weighted by Crippen LogP contribution is -2.14. The van der Waals surface area contributed by atoms with Crippen molar-refractivity contribution in [2.24, 2.45) is 0 Å². The summed E-state index contributed by atoms with van der Waals surface area (Å²) in [5, 5.41) is 9.83. The summed E-state index contributed by atoms with van der Waals surface area (Å²) in [5.41, 5.74) is 3.01. The lowest BCUT2D eigenvalue weighted by atomic mass is 10.0. The highest BCUT2D eigenvalue weighted by atomic mass is 32.3. The molecule has 0 spiro atoms. The first kappa shape index (κ1) is 49.5. The third kappa shape index (κ3) is 27.1. The van der Waals surface area contributed by atoms with Crippen LogP contribution in [0.25, 0.3) is 0 Å². The number of hydrogen-bond acceptors (Lipinski definition) is 1. The third-order valence-electron chi connectivity index (χ3n) is 12.1. The van der Waals surface area contributed by atoms with Crippen LogP contribution in [0.4, 0.5) is 0 Å². The number of carbonyl (C=O) groups excluding carboxylic acids is 1. The summed E-state index contributed by atoms with van der Waals surface area (Å²) in [5.74, 6) is 0.401. The zero-order valence-corrected chi connectivity index (χ0v) is 38.5. The fraction of sp³-hybridized carbons (Fsp3) is 0.824. The second kappa shape index (κ2) is 36.7. The van der Waals surface area contributed by atoms with Gasteiger partial charge in [0.25, 0.3) is 0 Å². The van der Waals surface area contributed by atoms with E-state index in [1.807, 2.05) is 6.92 Å². The number of Topliss-reactive ketones (excluding diaryl/α,β-unsaturated/α-hetero) is 1. The van der Waals surface area contributed by atoms with Gasteiger partial charge in [-0.25, -0.2) is 0 Å². The molecule has 0 aromatic heterocycles. The van der Waals surface area contributed by atoms with Crippen molar-refractivity contribution in [1.29, 1.82) is 0 Å². The molecule has 0 aromatic rings. The van der Waals surface area contributed by atoms with E-state index in [0.29, 0.717) is 5.78 Å². The second-order valence-electron chi connectivity index (χ2n) is 17.4. The Morgan fingerprint density at radius 1 is 0.389 bits per heavy atom. The normalized spacial score (nSPS) is 18.4. The largest absolute Gasteiger partial charge is 0.298 e. The van der Waals surface area contributed by atoms with Gasteiger partial charge >= 0.3 is 0 Å². The average molecular weight is 787 g/mol. The summed E-state index contributed by atoms with van der Waals surface area (Å²) in [6.07, 6.45) is 58.6. The van der Waals surface area contributed by atoms with Crippen LogP contribution in [0.5, 0.6) is 0 Å². The number of ketones is 1. The molecule has 0 aromatic carbocycles. The quantitative estimate of drug-likeness (QED) is 0.0466. The van der Waals surface area contributed by atoms with Gasteiger partial charge in [0.05, 0.1) is 4.58 Å². The molecule has 2 heterocycles. The van der Waals surface area contributed by atoms with E-state index in [1.54, 1.807) is 0 Å². The van der Waals surface area contributed by atoms with Gasteiger partial charge in [-0.05, 0) is 65.4 Å². The van der Waals surface area contributed by atoms with Crippen LogP contribution in [0.15, 0.2) is 44.9 Å². The van der Waals surface area contributed by atoms with Crippen LogP contribution < -0.4 is 0 Å². The summed E-state index contributed by atoms with van der Waals surface area (Å²) in [4.78, 5) is 12.9. The lowest BCUT2D eigenvalue weighted by molar-refractivity contribution is -0.115. The van der Waals surface area contributed by atoms with Crippen molar-refractivity contribution in [2.45, 2.75) is 269 Å². The number of thiol groups is 2. The van der Waals surface area contributed by atoms with E-state index >= 15 is 0 Å². The van der Waals surface area contributed by atoms with Gasteiger partial charge < -0.3 is 0 Å². The van der Waals surface area contributed by atoms with Crippen molar-refractivity contribution in [1.82, 2.24) is 0 Å². The molecule has 0 aliphatic carbocycles. The van der Waals surface area contributed by atoms with Crippen LogP contribution >= 0.6 is 21.8 Å². The highest BCUT2D eigenvalue weighted by Crippen LogP contribution is 2.56. The highest BCUT2D eigenvalue weighted by molar-refractivity contribution is 8.39. The zero-order chi connectivity index (χ0) is 38.6. The molecule has 0 fully saturated rings. The minimum Gasteiger partial charge on any atom is -0.298 e. The molecule has 0 N–H and O–H groups in total. The van der Waals surface area contributed by atoms with Crippen LogP contribution in [-0.4, -0.2) is 10.4 Å². The van der Waals surface area contributed by atoms with Gasteiger partial charge in [-0.1, -0.05) is 244 Å². The molecule has 2 atom stereocenters. The van der Waals surface area contributed by atoms with E-state index in [9.17, 15) is 4.79 Å². The maximum Gasteiger partial charge on any atom is 0.150 e. The Labute approximate surface area is 345 Å². The first-order valence-electron chi connectivity index (χ1n) is 24.5. The first-order chi connectivity index (χ1) is 26.7. The predicted molar refractivity (Wildman–Crippen MR) is 254 cm³/mol. The van der Waals surface area contributed by atoms with Crippen molar-refractivity contribution in [2.75, 3.05) is 0 Å². The molecule has 0 amide bonds. The minimum absolute atomic E-state index is 0.193. The Balaban J connectivity index is 1.42.